The first kappa shape index (κ1) is 41.1. The highest BCUT2D eigenvalue weighted by molar-refractivity contribution is 7.98. The van der Waals surface area contributed by atoms with Gasteiger partial charge in [0.05, 0.1) is 33.4 Å². The van der Waals surface area contributed by atoms with E-state index in [9.17, 15) is 22.8 Å². The maximum atomic E-state index is 13.8. The average molecular weight is 812 g/mol. The number of methoxy groups -OCH3 is 1. The SMILES string of the molecule is COC(=O)[C@H](CSCc1cccc(OCCOS(=O)(=O)c2ccc(C)cc2)c1)N(C(=O)Cn1cc(Oc2ccc3nc(C)sc3c2)nn1)C(=O)OC(C)(C)C. The summed E-state index contributed by atoms with van der Waals surface area (Å²) < 4.78 is 54.3. The Labute approximate surface area is 327 Å². The number of hydrogen-bond acceptors (Lipinski definition) is 15. The fraction of sp³-hybridized carbons (Fsp3) is 0.351. The third-order valence-corrected chi connectivity index (χ3v) is 10.8. The second-order valence-corrected chi connectivity index (χ2v) is 17.0. The van der Waals surface area contributed by atoms with Crippen molar-refractivity contribution in [1.29, 1.82) is 0 Å². The van der Waals surface area contributed by atoms with Crippen LogP contribution < -0.4 is 9.47 Å². The maximum absolute atomic E-state index is 13.8. The summed E-state index contributed by atoms with van der Waals surface area (Å²) in [6.07, 6.45) is 0.375. The van der Waals surface area contributed by atoms with Gasteiger partial charge in [-0.2, -0.15) is 20.2 Å². The molecular formula is C37H41N5O10S3. The van der Waals surface area contributed by atoms with Crippen LogP contribution in [0.2, 0.25) is 0 Å². The Morgan fingerprint density at radius 1 is 0.982 bits per heavy atom. The number of carbonyl (C=O) groups is 3. The quantitative estimate of drug-likeness (QED) is 0.0614. The molecule has 0 saturated heterocycles. The number of imide groups is 1. The van der Waals surface area contributed by atoms with Crippen molar-refractivity contribution < 1.29 is 45.9 Å². The average Bonchev–Trinajstić information content (AvgIpc) is 3.73. The second kappa shape index (κ2) is 18.1. The van der Waals surface area contributed by atoms with Gasteiger partial charge in [0.15, 0.2) is 0 Å². The first-order chi connectivity index (χ1) is 26.1. The number of esters is 1. The predicted octanol–water partition coefficient (Wildman–Crippen LogP) is 6.32. The molecule has 5 rings (SSSR count). The summed E-state index contributed by atoms with van der Waals surface area (Å²) in [5.74, 6) is -0.188. The molecule has 1 atom stereocenters. The molecule has 15 nitrogen and oxygen atoms in total. The largest absolute Gasteiger partial charge is 0.491 e. The lowest BCUT2D eigenvalue weighted by Crippen LogP contribution is -2.53. The fourth-order valence-electron chi connectivity index (χ4n) is 5.01. The fourth-order valence-corrected chi connectivity index (χ4v) is 7.80. The van der Waals surface area contributed by atoms with Crippen molar-refractivity contribution in [3.63, 3.8) is 0 Å². The topological polar surface area (TPSA) is 178 Å². The summed E-state index contributed by atoms with van der Waals surface area (Å²) in [6.45, 7) is 8.02. The van der Waals surface area contributed by atoms with Crippen LogP contribution in [0.1, 0.15) is 36.9 Å². The molecule has 5 aromatic rings. The van der Waals surface area contributed by atoms with Crippen molar-refractivity contribution in [1.82, 2.24) is 24.9 Å². The molecule has 3 aromatic carbocycles. The molecular weight excluding hydrogens is 771 g/mol. The number of aromatic nitrogens is 4. The number of thioether (sulfide) groups is 1. The van der Waals surface area contributed by atoms with Crippen LogP contribution >= 0.6 is 23.1 Å². The number of thiazole rings is 1. The number of amides is 2. The number of aryl methyl sites for hydroxylation is 2. The third-order valence-electron chi connectivity index (χ3n) is 7.49. The molecule has 0 saturated carbocycles. The van der Waals surface area contributed by atoms with Gasteiger partial charge in [-0.15, -0.1) is 11.3 Å². The number of carbonyl (C=O) groups excluding carboxylic acids is 3. The Bertz CT molecular complexity index is 2230. The van der Waals surface area contributed by atoms with Gasteiger partial charge in [-0.05, 0) is 76.6 Å². The minimum atomic E-state index is -3.93. The second-order valence-electron chi connectivity index (χ2n) is 13.1. The lowest BCUT2D eigenvalue weighted by Gasteiger charge is -2.30. The van der Waals surface area contributed by atoms with Crippen molar-refractivity contribution >= 4 is 61.4 Å². The molecule has 0 fully saturated rings. The first-order valence-corrected chi connectivity index (χ1v) is 20.3. The van der Waals surface area contributed by atoms with Gasteiger partial charge in [-0.1, -0.05) is 40.1 Å². The number of fused-ring (bicyclic) bond motifs is 1. The summed E-state index contributed by atoms with van der Waals surface area (Å²) in [5.41, 5.74) is 1.59. The molecule has 18 heteroatoms. The molecule has 0 aliphatic carbocycles. The van der Waals surface area contributed by atoms with Crippen molar-refractivity contribution in [2.45, 2.75) is 63.5 Å². The molecule has 292 valence electrons. The predicted molar refractivity (Wildman–Crippen MR) is 206 cm³/mol. The zero-order chi connectivity index (χ0) is 39.8. The van der Waals surface area contributed by atoms with Crippen LogP contribution in [0, 0.1) is 13.8 Å². The van der Waals surface area contributed by atoms with Crippen LogP contribution in [0.4, 0.5) is 4.79 Å². The van der Waals surface area contributed by atoms with Crippen molar-refractivity contribution in [2.24, 2.45) is 0 Å². The van der Waals surface area contributed by atoms with E-state index in [4.69, 9.17) is 23.1 Å². The maximum Gasteiger partial charge on any atom is 0.417 e. The molecule has 0 spiro atoms. The third kappa shape index (κ3) is 11.7. The normalized spacial score (nSPS) is 12.3. The lowest BCUT2D eigenvalue weighted by molar-refractivity contribution is -0.151. The van der Waals surface area contributed by atoms with Crippen LogP contribution in [-0.2, 0) is 45.7 Å². The minimum absolute atomic E-state index is 0.0270. The Kier molecular flexibility index (Phi) is 13.5. The minimum Gasteiger partial charge on any atom is -0.491 e. The highest BCUT2D eigenvalue weighted by Crippen LogP contribution is 2.28. The number of hydrogen-bond donors (Lipinski definition) is 0. The van der Waals surface area contributed by atoms with Crippen molar-refractivity contribution in [2.75, 3.05) is 26.1 Å². The van der Waals surface area contributed by atoms with Crippen molar-refractivity contribution in [3.8, 4) is 17.4 Å². The summed E-state index contributed by atoms with van der Waals surface area (Å²) in [4.78, 5) is 45.7. The zero-order valence-corrected chi connectivity index (χ0v) is 33.5. The van der Waals surface area contributed by atoms with E-state index in [1.165, 1.54) is 53.2 Å². The van der Waals surface area contributed by atoms with Gasteiger partial charge in [0, 0.05) is 17.6 Å². The summed E-state index contributed by atoms with van der Waals surface area (Å²) >= 11 is 2.79. The molecule has 0 N–H and O–H groups in total. The Hall–Kier alpha value is -5.04. The number of benzene rings is 3. The van der Waals surface area contributed by atoms with E-state index in [1.54, 1.807) is 57.2 Å². The molecule has 0 aliphatic heterocycles. The number of ether oxygens (including phenoxy) is 4. The van der Waals surface area contributed by atoms with Gasteiger partial charge < -0.3 is 18.9 Å². The summed E-state index contributed by atoms with van der Waals surface area (Å²) in [5, 5.41) is 8.91. The molecule has 2 amide bonds. The van der Waals surface area contributed by atoms with Crippen LogP contribution in [-0.4, -0.2) is 89.0 Å². The Morgan fingerprint density at radius 2 is 1.75 bits per heavy atom. The van der Waals surface area contributed by atoms with E-state index in [1.807, 2.05) is 32.0 Å². The summed E-state index contributed by atoms with van der Waals surface area (Å²) in [7, 11) is -2.76. The van der Waals surface area contributed by atoms with Crippen LogP contribution in [0.5, 0.6) is 17.4 Å². The Morgan fingerprint density at radius 3 is 2.47 bits per heavy atom. The number of rotatable bonds is 16. The van der Waals surface area contributed by atoms with E-state index >= 15 is 0 Å². The van der Waals surface area contributed by atoms with Gasteiger partial charge in [-0.25, -0.2) is 24.2 Å². The van der Waals surface area contributed by atoms with E-state index in [0.717, 1.165) is 31.3 Å². The van der Waals surface area contributed by atoms with E-state index in [2.05, 4.69) is 15.3 Å². The zero-order valence-electron chi connectivity index (χ0n) is 31.1. The van der Waals surface area contributed by atoms with Gasteiger partial charge in [0.25, 0.3) is 21.9 Å². The smallest absolute Gasteiger partial charge is 0.417 e. The lowest BCUT2D eigenvalue weighted by atomic mass is 10.2. The van der Waals surface area contributed by atoms with Gasteiger partial charge in [0.2, 0.25) is 0 Å². The van der Waals surface area contributed by atoms with E-state index in [0.29, 0.717) is 17.3 Å². The standard InChI is InChI=1S/C37H41N5O10S3/c1-24-10-13-29(14-11-24)55(46,47)50-17-16-49-27-9-7-8-26(18-27)22-53-23-31(35(44)48-6)42(36(45)52-37(3,4)5)34(43)21-41-20-33(39-40-41)51-28-12-15-30-32(19-28)54-25(2)38-30/h7-15,18-20,31H,16-17,21-23H2,1-6H3/t31-/m0/s1. The van der Waals surface area contributed by atoms with Gasteiger partial charge in [-0.3, -0.25) is 8.98 Å². The van der Waals surface area contributed by atoms with Crippen LogP contribution in [0.25, 0.3) is 10.2 Å². The molecule has 0 aliphatic rings. The Balaban J connectivity index is 1.21. The van der Waals surface area contributed by atoms with Crippen molar-refractivity contribution in [3.05, 3.63) is 89.1 Å². The molecule has 0 radical (unpaired) electrons. The van der Waals surface area contributed by atoms with Gasteiger partial charge in [0.1, 0.15) is 42.9 Å². The van der Waals surface area contributed by atoms with E-state index < -0.39 is 46.3 Å². The highest BCUT2D eigenvalue weighted by Gasteiger charge is 2.38. The number of nitrogens with zero attached hydrogens (tertiary/aromatic N) is 5. The molecule has 0 unspecified atom stereocenters. The van der Waals surface area contributed by atoms with Crippen LogP contribution in [0.15, 0.2) is 77.8 Å². The van der Waals surface area contributed by atoms with Crippen LogP contribution in [0.3, 0.4) is 0 Å². The molecule has 2 aromatic heterocycles. The molecule has 0 bridgehead atoms. The molecule has 2 heterocycles. The highest BCUT2D eigenvalue weighted by atomic mass is 32.2. The summed E-state index contributed by atoms with van der Waals surface area (Å²) in [6, 6.07) is 17.5. The monoisotopic (exact) mass is 811 g/mol. The van der Waals surface area contributed by atoms with E-state index in [-0.39, 0.29) is 29.7 Å². The molecule has 55 heavy (non-hydrogen) atoms. The van der Waals surface area contributed by atoms with Gasteiger partial charge >= 0.3 is 12.1 Å². The first-order valence-electron chi connectivity index (χ1n) is 16.9.